The summed E-state index contributed by atoms with van der Waals surface area (Å²) < 4.78 is 0. The van der Waals surface area contributed by atoms with Crippen LogP contribution in [0.25, 0.3) is 0 Å². The number of rotatable bonds is 0. The average molecular weight is 80.9 g/mol. The third kappa shape index (κ3) is 0.616. The summed E-state index contributed by atoms with van der Waals surface area (Å²) in [6.07, 6.45) is 2.52. The Morgan fingerprint density at radius 2 is 2.67 bits per heavy atom. The van der Waals surface area contributed by atoms with Crippen LogP contribution in [0.4, 0.5) is 0 Å². The molecule has 1 nitrogen and oxygen atoms in total. The molecular weight excluding hydrogens is 72.9 g/mol. The van der Waals surface area contributed by atoms with Crippen LogP contribution in [-0.2, 0) is 0 Å². The number of nitrogens with zero attached hydrogens (tertiary/aromatic N) is 1. The molecule has 0 radical (unpaired) electrons. The molecule has 0 spiro atoms. The molecule has 1 aliphatic rings. The maximum absolute atomic E-state index is 4.15. The molecule has 0 aliphatic carbocycles. The maximum Gasteiger partial charge on any atom is 0.262 e. The molecule has 1 aliphatic heterocycles. The van der Waals surface area contributed by atoms with Gasteiger partial charge < -0.3 is 4.90 Å². The number of hydrogen-bond donors (Lipinski definition) is 0. The molecule has 0 unspecified atom stereocenters. The Labute approximate surface area is 38.7 Å². The van der Waals surface area contributed by atoms with Gasteiger partial charge in [-0.15, -0.1) is 0 Å². The highest BCUT2D eigenvalue weighted by atomic mass is 14.6. The third-order valence-electron chi connectivity index (χ3n) is 1.08. The minimum absolute atomic E-state index is 1.08. The van der Waals surface area contributed by atoms with E-state index in [0.717, 1.165) is 7.41 Å². The second-order valence-electron chi connectivity index (χ2n) is 1.72. The lowest BCUT2D eigenvalue weighted by Crippen LogP contribution is -1.77. The van der Waals surface area contributed by atoms with E-state index in [2.05, 4.69) is 11.8 Å². The minimum atomic E-state index is 1.08. The molecule has 0 fully saturated rings. The van der Waals surface area contributed by atoms with Gasteiger partial charge in [-0.1, -0.05) is 6.32 Å². The molecule has 1 rings (SSSR count). The van der Waals surface area contributed by atoms with Gasteiger partial charge in [0.1, 0.15) is 0 Å². The van der Waals surface area contributed by atoms with Gasteiger partial charge in [-0.2, -0.15) is 0 Å². The van der Waals surface area contributed by atoms with Crippen LogP contribution in [0.3, 0.4) is 0 Å². The van der Waals surface area contributed by atoms with Crippen molar-refractivity contribution in [2.75, 3.05) is 0 Å². The zero-order valence-electron chi connectivity index (χ0n) is 4.07. The van der Waals surface area contributed by atoms with E-state index in [1.165, 1.54) is 18.5 Å². The zero-order chi connectivity index (χ0) is 4.41. The molecule has 0 saturated carbocycles. The van der Waals surface area contributed by atoms with Gasteiger partial charge in [0.25, 0.3) is 7.41 Å². The summed E-state index contributed by atoms with van der Waals surface area (Å²) in [4.78, 5) is 4.15. The van der Waals surface area contributed by atoms with Crippen molar-refractivity contribution >= 4 is 13.1 Å². The third-order valence-corrected chi connectivity index (χ3v) is 1.08. The van der Waals surface area contributed by atoms with E-state index in [1.54, 1.807) is 0 Å². The van der Waals surface area contributed by atoms with E-state index >= 15 is 0 Å². The Kier molecular flexibility index (Phi) is 0.949. The molecule has 0 aromatic rings. The Morgan fingerprint density at radius 1 is 1.83 bits per heavy atom. The lowest BCUT2D eigenvalue weighted by molar-refractivity contribution is 1.30. The van der Waals surface area contributed by atoms with Crippen molar-refractivity contribution in [3.05, 3.63) is 0 Å². The van der Waals surface area contributed by atoms with Crippen molar-refractivity contribution in [2.24, 2.45) is 4.90 Å². The summed E-state index contributed by atoms with van der Waals surface area (Å²) in [6, 6.07) is 0. The lowest BCUT2D eigenvalue weighted by atomic mass is 9.93. The van der Waals surface area contributed by atoms with E-state index in [1.807, 2.05) is 0 Å². The summed E-state index contributed by atoms with van der Waals surface area (Å²) in [6.45, 7) is 2.09. The second-order valence-corrected chi connectivity index (χ2v) is 1.72. The average Bonchev–Trinajstić information content (AvgIpc) is 1.86. The lowest BCUT2D eigenvalue weighted by Gasteiger charge is -1.78. The van der Waals surface area contributed by atoms with Crippen molar-refractivity contribution in [3.8, 4) is 0 Å². The summed E-state index contributed by atoms with van der Waals surface area (Å²) in [5, 5.41) is 0. The summed E-state index contributed by atoms with van der Waals surface area (Å²) in [5.74, 6) is 0. The van der Waals surface area contributed by atoms with Crippen LogP contribution in [-0.4, -0.2) is 13.1 Å². The normalized spacial score (nSPS) is 19.8. The van der Waals surface area contributed by atoms with Gasteiger partial charge in [-0.05, 0) is 19.1 Å². The standard InChI is InChI=1S/C4H8BN/c1-4-2-3-5-6-4/h5H,2-3H2,1H3. The summed E-state index contributed by atoms with van der Waals surface area (Å²) in [5.41, 5.74) is 1.33. The fourth-order valence-corrected chi connectivity index (χ4v) is 0.684. The van der Waals surface area contributed by atoms with Crippen molar-refractivity contribution in [3.63, 3.8) is 0 Å². The van der Waals surface area contributed by atoms with Gasteiger partial charge in [-0.3, -0.25) is 0 Å². The topological polar surface area (TPSA) is 12.4 Å². The molecule has 0 amide bonds. The van der Waals surface area contributed by atoms with Crippen molar-refractivity contribution in [2.45, 2.75) is 19.7 Å². The predicted octanol–water partition coefficient (Wildman–Crippen LogP) is 0.621. The van der Waals surface area contributed by atoms with Gasteiger partial charge in [-0.25, -0.2) is 0 Å². The van der Waals surface area contributed by atoms with Gasteiger partial charge in [0.15, 0.2) is 0 Å². The van der Waals surface area contributed by atoms with Crippen molar-refractivity contribution < 1.29 is 0 Å². The van der Waals surface area contributed by atoms with Gasteiger partial charge in [0.2, 0.25) is 0 Å². The van der Waals surface area contributed by atoms with Crippen LogP contribution >= 0.6 is 0 Å². The van der Waals surface area contributed by atoms with Crippen LogP contribution in [0.1, 0.15) is 13.3 Å². The fraction of sp³-hybridized carbons (Fsp3) is 0.750. The van der Waals surface area contributed by atoms with Crippen LogP contribution in [0, 0.1) is 0 Å². The summed E-state index contributed by atoms with van der Waals surface area (Å²) in [7, 11) is 1.08. The Balaban J connectivity index is 2.45. The molecule has 0 aromatic heterocycles. The van der Waals surface area contributed by atoms with Crippen LogP contribution in [0.15, 0.2) is 4.90 Å². The van der Waals surface area contributed by atoms with Gasteiger partial charge >= 0.3 is 0 Å². The van der Waals surface area contributed by atoms with Gasteiger partial charge in [0, 0.05) is 0 Å². The largest absolute Gasteiger partial charge is 0.355 e. The molecule has 2 heteroatoms. The predicted molar refractivity (Wildman–Crippen MR) is 29.7 cm³/mol. The SMILES string of the molecule is CC1=NBCC1. The van der Waals surface area contributed by atoms with Crippen LogP contribution < -0.4 is 0 Å². The molecule has 0 bridgehead atoms. The Morgan fingerprint density at radius 3 is 2.83 bits per heavy atom. The first-order valence-electron chi connectivity index (χ1n) is 2.39. The monoisotopic (exact) mass is 81.1 g/mol. The quantitative estimate of drug-likeness (QED) is 0.379. The Bertz CT molecular complexity index is 77.6. The molecule has 0 aromatic carbocycles. The molecule has 1 heterocycles. The van der Waals surface area contributed by atoms with E-state index < -0.39 is 0 Å². The molecular formula is C4H8BN. The zero-order valence-corrected chi connectivity index (χ0v) is 4.07. The molecule has 0 N–H and O–H groups in total. The minimum Gasteiger partial charge on any atom is -0.355 e. The van der Waals surface area contributed by atoms with Crippen LogP contribution in [0.2, 0.25) is 6.32 Å². The summed E-state index contributed by atoms with van der Waals surface area (Å²) >= 11 is 0. The smallest absolute Gasteiger partial charge is 0.262 e. The first kappa shape index (κ1) is 3.91. The van der Waals surface area contributed by atoms with Crippen molar-refractivity contribution in [1.82, 2.24) is 0 Å². The first-order valence-corrected chi connectivity index (χ1v) is 2.39. The maximum atomic E-state index is 4.15. The van der Waals surface area contributed by atoms with E-state index in [9.17, 15) is 0 Å². The van der Waals surface area contributed by atoms with E-state index in [4.69, 9.17) is 0 Å². The number of hydrogen-bond acceptors (Lipinski definition) is 1. The highest BCUT2D eigenvalue weighted by Gasteiger charge is 1.98. The highest BCUT2D eigenvalue weighted by molar-refractivity contribution is 6.39. The fourth-order valence-electron chi connectivity index (χ4n) is 0.684. The van der Waals surface area contributed by atoms with Gasteiger partial charge in [0.05, 0.1) is 0 Å². The molecule has 0 atom stereocenters. The second kappa shape index (κ2) is 1.46. The van der Waals surface area contributed by atoms with Crippen molar-refractivity contribution in [1.29, 1.82) is 0 Å². The molecule has 6 heavy (non-hydrogen) atoms. The highest BCUT2D eigenvalue weighted by Crippen LogP contribution is 2.00. The molecule has 0 saturated heterocycles. The molecule has 32 valence electrons. The Hall–Kier alpha value is -0.265. The van der Waals surface area contributed by atoms with Crippen LogP contribution in [0.5, 0.6) is 0 Å². The first-order chi connectivity index (χ1) is 2.89. The van der Waals surface area contributed by atoms with E-state index in [0.29, 0.717) is 0 Å². The van der Waals surface area contributed by atoms with E-state index in [-0.39, 0.29) is 0 Å².